The predicted octanol–water partition coefficient (Wildman–Crippen LogP) is 4.15. The lowest BCUT2D eigenvalue weighted by molar-refractivity contribution is -0.124. The molecule has 0 bridgehead atoms. The van der Waals surface area contributed by atoms with E-state index in [-0.39, 0.29) is 17.6 Å². The smallest absolute Gasteiger partial charge is 0.255 e. The number of ether oxygens (including phenoxy) is 1. The van der Waals surface area contributed by atoms with Gasteiger partial charge in [-0.15, -0.1) is 0 Å². The standard InChI is InChI=1S/C24H28N2O3/c1-16(2)13-22(27)19-6-4-11-26(15-19)24(28)18-8-9-21(25-14-18)20-7-3-5-17-10-12-29-23(17)20/h3,5,7-9,14,16,19H,4,6,10-13,15H2,1-2H3/t19-/m0/s1. The summed E-state index contributed by atoms with van der Waals surface area (Å²) in [5, 5.41) is 0. The zero-order valence-corrected chi connectivity index (χ0v) is 17.2. The largest absolute Gasteiger partial charge is 0.492 e. The highest BCUT2D eigenvalue weighted by molar-refractivity contribution is 5.95. The fourth-order valence-corrected chi connectivity index (χ4v) is 4.27. The molecule has 0 unspecified atom stereocenters. The number of pyridine rings is 1. The molecule has 5 heteroatoms. The monoisotopic (exact) mass is 392 g/mol. The van der Waals surface area contributed by atoms with Gasteiger partial charge in [-0.05, 0) is 42.5 Å². The molecule has 2 aliphatic rings. The maximum Gasteiger partial charge on any atom is 0.255 e. The first kappa shape index (κ1) is 19.6. The van der Waals surface area contributed by atoms with Gasteiger partial charge in [-0.3, -0.25) is 14.6 Å². The van der Waals surface area contributed by atoms with E-state index in [2.05, 4.69) is 24.9 Å². The van der Waals surface area contributed by atoms with Gasteiger partial charge in [-0.1, -0.05) is 26.0 Å². The van der Waals surface area contributed by atoms with E-state index in [0.29, 0.717) is 37.6 Å². The molecule has 2 aromatic rings. The van der Waals surface area contributed by atoms with E-state index >= 15 is 0 Å². The first-order valence-corrected chi connectivity index (χ1v) is 10.6. The van der Waals surface area contributed by atoms with E-state index in [1.807, 2.05) is 29.2 Å². The van der Waals surface area contributed by atoms with Crippen molar-refractivity contribution in [1.82, 2.24) is 9.88 Å². The molecule has 29 heavy (non-hydrogen) atoms. The quantitative estimate of drug-likeness (QED) is 0.767. The summed E-state index contributed by atoms with van der Waals surface area (Å²) >= 11 is 0. The molecule has 1 aromatic carbocycles. The minimum atomic E-state index is -0.0411. The number of hydrogen-bond acceptors (Lipinski definition) is 4. The van der Waals surface area contributed by atoms with Crippen LogP contribution in [-0.2, 0) is 11.2 Å². The molecule has 0 N–H and O–H groups in total. The van der Waals surface area contributed by atoms with Crippen LogP contribution in [0.15, 0.2) is 36.5 Å². The number of piperidine rings is 1. The third kappa shape index (κ3) is 4.19. The maximum absolute atomic E-state index is 13.0. The number of fused-ring (bicyclic) bond motifs is 1. The third-order valence-electron chi connectivity index (χ3n) is 5.77. The lowest BCUT2D eigenvalue weighted by atomic mass is 9.89. The number of amides is 1. The van der Waals surface area contributed by atoms with Gasteiger partial charge in [0.2, 0.25) is 0 Å². The molecule has 0 aliphatic carbocycles. The van der Waals surface area contributed by atoms with Crippen LogP contribution in [0, 0.1) is 11.8 Å². The molecular formula is C24H28N2O3. The van der Waals surface area contributed by atoms with Crippen molar-refractivity contribution in [2.45, 2.75) is 39.5 Å². The molecule has 1 atom stereocenters. The number of Topliss-reactive ketones (excluding diaryl/α,β-unsaturated/α-hetero) is 1. The number of benzene rings is 1. The number of aromatic nitrogens is 1. The molecular weight excluding hydrogens is 364 g/mol. The second kappa shape index (κ2) is 8.36. The van der Waals surface area contributed by atoms with E-state index < -0.39 is 0 Å². The van der Waals surface area contributed by atoms with Gasteiger partial charge in [0, 0.05) is 43.6 Å². The highest BCUT2D eigenvalue weighted by Crippen LogP contribution is 2.35. The number of likely N-dealkylation sites (tertiary alicyclic amines) is 1. The van der Waals surface area contributed by atoms with Crippen molar-refractivity contribution in [2.75, 3.05) is 19.7 Å². The molecule has 2 aliphatic heterocycles. The highest BCUT2D eigenvalue weighted by atomic mass is 16.5. The van der Waals surface area contributed by atoms with E-state index in [1.54, 1.807) is 6.20 Å². The topological polar surface area (TPSA) is 59.5 Å². The zero-order chi connectivity index (χ0) is 20.4. The molecule has 1 amide bonds. The molecule has 5 nitrogen and oxygen atoms in total. The molecule has 1 fully saturated rings. The Morgan fingerprint density at radius 3 is 2.86 bits per heavy atom. The lowest BCUT2D eigenvalue weighted by Gasteiger charge is -2.32. The first-order valence-electron chi connectivity index (χ1n) is 10.6. The number of carbonyl (C=O) groups excluding carboxylic acids is 2. The van der Waals surface area contributed by atoms with Crippen LogP contribution in [0.4, 0.5) is 0 Å². The number of nitrogens with zero attached hydrogens (tertiary/aromatic N) is 2. The summed E-state index contributed by atoms with van der Waals surface area (Å²) in [6.07, 6.45) is 4.91. The summed E-state index contributed by atoms with van der Waals surface area (Å²) in [7, 11) is 0. The molecule has 0 radical (unpaired) electrons. The van der Waals surface area contributed by atoms with Gasteiger partial charge in [0.05, 0.1) is 17.9 Å². The Hall–Kier alpha value is -2.69. The lowest BCUT2D eigenvalue weighted by Crippen LogP contribution is -2.42. The minimum Gasteiger partial charge on any atom is -0.492 e. The third-order valence-corrected chi connectivity index (χ3v) is 5.77. The summed E-state index contributed by atoms with van der Waals surface area (Å²) in [5.74, 6) is 1.46. The normalized spacial score (nSPS) is 18.4. The van der Waals surface area contributed by atoms with Crippen LogP contribution in [0.5, 0.6) is 5.75 Å². The van der Waals surface area contributed by atoms with Crippen LogP contribution in [0.3, 0.4) is 0 Å². The van der Waals surface area contributed by atoms with Crippen molar-refractivity contribution in [3.63, 3.8) is 0 Å². The summed E-state index contributed by atoms with van der Waals surface area (Å²) in [6, 6.07) is 9.82. The van der Waals surface area contributed by atoms with Crippen molar-refractivity contribution in [3.8, 4) is 17.0 Å². The Balaban J connectivity index is 1.47. The average Bonchev–Trinajstić information content (AvgIpc) is 3.22. The van der Waals surface area contributed by atoms with Crippen molar-refractivity contribution in [1.29, 1.82) is 0 Å². The number of para-hydroxylation sites is 1. The van der Waals surface area contributed by atoms with E-state index in [0.717, 1.165) is 36.3 Å². The van der Waals surface area contributed by atoms with E-state index in [1.165, 1.54) is 5.56 Å². The van der Waals surface area contributed by atoms with Crippen LogP contribution in [-0.4, -0.2) is 41.3 Å². The van der Waals surface area contributed by atoms with Crippen LogP contribution in [0.25, 0.3) is 11.3 Å². The molecule has 4 rings (SSSR count). The van der Waals surface area contributed by atoms with Gasteiger partial charge >= 0.3 is 0 Å². The number of ketones is 1. The summed E-state index contributed by atoms with van der Waals surface area (Å²) in [6.45, 7) is 6.04. The van der Waals surface area contributed by atoms with Crippen molar-refractivity contribution in [2.24, 2.45) is 11.8 Å². The minimum absolute atomic E-state index is 0.0358. The van der Waals surface area contributed by atoms with Gasteiger partial charge in [-0.25, -0.2) is 0 Å². The van der Waals surface area contributed by atoms with Gasteiger partial charge in [0.1, 0.15) is 11.5 Å². The number of carbonyl (C=O) groups is 2. The van der Waals surface area contributed by atoms with Gasteiger partial charge in [-0.2, -0.15) is 0 Å². The van der Waals surface area contributed by atoms with Crippen molar-refractivity contribution >= 4 is 11.7 Å². The Morgan fingerprint density at radius 1 is 1.24 bits per heavy atom. The van der Waals surface area contributed by atoms with Crippen LogP contribution >= 0.6 is 0 Å². The molecule has 3 heterocycles. The Kier molecular flexibility index (Phi) is 5.65. The second-order valence-corrected chi connectivity index (χ2v) is 8.48. The van der Waals surface area contributed by atoms with Crippen LogP contribution < -0.4 is 4.74 Å². The molecule has 0 saturated carbocycles. The Morgan fingerprint density at radius 2 is 2.10 bits per heavy atom. The van der Waals surface area contributed by atoms with Gasteiger partial charge in [0.25, 0.3) is 5.91 Å². The van der Waals surface area contributed by atoms with E-state index in [4.69, 9.17) is 4.74 Å². The summed E-state index contributed by atoms with van der Waals surface area (Å²) in [4.78, 5) is 31.8. The Bertz CT molecular complexity index is 905. The van der Waals surface area contributed by atoms with Crippen molar-refractivity contribution in [3.05, 3.63) is 47.7 Å². The molecule has 0 spiro atoms. The predicted molar refractivity (Wildman–Crippen MR) is 112 cm³/mol. The van der Waals surface area contributed by atoms with Crippen molar-refractivity contribution < 1.29 is 14.3 Å². The Labute approximate surface area is 172 Å². The SMILES string of the molecule is CC(C)CC(=O)[C@H]1CCCN(C(=O)c2ccc(-c3cccc4c3OCC4)nc2)C1. The second-order valence-electron chi connectivity index (χ2n) is 8.48. The molecule has 1 saturated heterocycles. The molecule has 1 aromatic heterocycles. The van der Waals surface area contributed by atoms with Crippen LogP contribution in [0.2, 0.25) is 0 Å². The summed E-state index contributed by atoms with van der Waals surface area (Å²) < 4.78 is 5.77. The zero-order valence-electron chi connectivity index (χ0n) is 17.2. The number of rotatable bonds is 5. The maximum atomic E-state index is 13.0. The first-order chi connectivity index (χ1) is 14.0. The molecule has 152 valence electrons. The van der Waals surface area contributed by atoms with Gasteiger partial charge in [0.15, 0.2) is 0 Å². The average molecular weight is 392 g/mol. The summed E-state index contributed by atoms with van der Waals surface area (Å²) in [5.41, 5.74) is 3.55. The highest BCUT2D eigenvalue weighted by Gasteiger charge is 2.29. The van der Waals surface area contributed by atoms with Gasteiger partial charge < -0.3 is 9.64 Å². The number of hydrogen-bond donors (Lipinski definition) is 0. The van der Waals surface area contributed by atoms with Crippen LogP contribution in [0.1, 0.15) is 49.0 Å². The van der Waals surface area contributed by atoms with E-state index in [9.17, 15) is 9.59 Å². The fraction of sp³-hybridized carbons (Fsp3) is 0.458. The fourth-order valence-electron chi connectivity index (χ4n) is 4.27.